The molecule has 0 bridgehead atoms. The number of benzene rings is 1. The fourth-order valence-electron chi connectivity index (χ4n) is 4.02. The van der Waals surface area contributed by atoms with Gasteiger partial charge in [-0.05, 0) is 74.5 Å². The molecule has 1 atom stereocenters. The summed E-state index contributed by atoms with van der Waals surface area (Å²) in [6.07, 6.45) is 3.57. The van der Waals surface area contributed by atoms with Crippen LogP contribution in [-0.2, 0) is 0 Å². The Bertz CT molecular complexity index is 973. The molecule has 1 amide bonds. The molecule has 0 spiro atoms. The number of thiophene rings is 2. The highest BCUT2D eigenvalue weighted by Gasteiger charge is 2.30. The van der Waals surface area contributed by atoms with E-state index in [0.717, 1.165) is 42.1 Å². The van der Waals surface area contributed by atoms with Gasteiger partial charge < -0.3 is 5.32 Å². The van der Waals surface area contributed by atoms with E-state index < -0.39 is 0 Å². The Labute approximate surface area is 179 Å². The zero-order chi connectivity index (χ0) is 20.4. The standard InChI is InChI=1S/C23H25FN2OS2/c1-15-16(2)29-23(25-22(27)19-7-6-14-28-19)20(15)21(26-12-4-3-5-13-26)17-8-10-18(24)11-9-17/h6-11,14,21H,3-5,12-13H2,1-2H3,(H,25,27)/t21-/m1/s1. The minimum atomic E-state index is -0.226. The molecule has 3 heterocycles. The Kier molecular flexibility index (Phi) is 6.13. The van der Waals surface area contributed by atoms with E-state index in [4.69, 9.17) is 0 Å². The number of aryl methyl sites for hydroxylation is 1. The first-order chi connectivity index (χ1) is 14.0. The summed E-state index contributed by atoms with van der Waals surface area (Å²) < 4.78 is 13.6. The minimum absolute atomic E-state index is 0.0134. The summed E-state index contributed by atoms with van der Waals surface area (Å²) in [5.74, 6) is -0.297. The van der Waals surface area contributed by atoms with E-state index in [9.17, 15) is 9.18 Å². The number of likely N-dealkylation sites (tertiary alicyclic amines) is 1. The molecule has 6 heteroatoms. The smallest absolute Gasteiger partial charge is 0.266 e. The molecule has 3 aromatic rings. The summed E-state index contributed by atoms with van der Waals surface area (Å²) in [6, 6.07) is 10.6. The number of carbonyl (C=O) groups is 1. The molecule has 29 heavy (non-hydrogen) atoms. The van der Waals surface area contributed by atoms with E-state index in [1.165, 1.54) is 40.3 Å². The summed E-state index contributed by atoms with van der Waals surface area (Å²) in [5, 5.41) is 5.98. The highest BCUT2D eigenvalue weighted by atomic mass is 32.1. The SMILES string of the molecule is Cc1sc(NC(=O)c2cccs2)c([C@@H](c2ccc(F)cc2)N2CCCCC2)c1C. The lowest BCUT2D eigenvalue weighted by Crippen LogP contribution is -2.35. The van der Waals surface area contributed by atoms with Crippen LogP contribution >= 0.6 is 22.7 Å². The number of nitrogens with one attached hydrogen (secondary N) is 1. The van der Waals surface area contributed by atoms with Gasteiger partial charge in [-0.1, -0.05) is 24.6 Å². The molecule has 1 aromatic carbocycles. The number of rotatable bonds is 5. The van der Waals surface area contributed by atoms with Gasteiger partial charge in [-0.25, -0.2) is 4.39 Å². The molecule has 1 aliphatic heterocycles. The molecule has 0 saturated carbocycles. The number of carbonyl (C=O) groups excluding carboxylic acids is 1. The summed E-state index contributed by atoms with van der Waals surface area (Å²) in [5.41, 5.74) is 3.42. The van der Waals surface area contributed by atoms with E-state index in [1.807, 2.05) is 29.6 Å². The van der Waals surface area contributed by atoms with Crippen molar-refractivity contribution in [3.8, 4) is 0 Å². The zero-order valence-electron chi connectivity index (χ0n) is 16.7. The first-order valence-corrected chi connectivity index (χ1v) is 11.7. The van der Waals surface area contributed by atoms with Crippen molar-refractivity contribution in [3.63, 3.8) is 0 Å². The van der Waals surface area contributed by atoms with Crippen LogP contribution in [0, 0.1) is 19.7 Å². The first-order valence-electron chi connectivity index (χ1n) is 9.99. The summed E-state index contributed by atoms with van der Waals surface area (Å²) in [4.78, 5) is 17.2. The Morgan fingerprint density at radius 2 is 1.83 bits per heavy atom. The van der Waals surface area contributed by atoms with Gasteiger partial charge in [0.25, 0.3) is 5.91 Å². The average Bonchev–Trinajstić information content (AvgIpc) is 3.35. The number of hydrogen-bond acceptors (Lipinski definition) is 4. The molecule has 0 aliphatic carbocycles. The van der Waals surface area contributed by atoms with Crippen molar-refractivity contribution in [1.29, 1.82) is 0 Å². The van der Waals surface area contributed by atoms with Crippen molar-refractivity contribution < 1.29 is 9.18 Å². The minimum Gasteiger partial charge on any atom is -0.313 e. The van der Waals surface area contributed by atoms with Gasteiger partial charge in [0, 0.05) is 10.4 Å². The second kappa shape index (κ2) is 8.78. The van der Waals surface area contributed by atoms with Gasteiger partial charge in [-0.3, -0.25) is 9.69 Å². The fraction of sp³-hybridized carbons (Fsp3) is 0.348. The number of piperidine rings is 1. The van der Waals surface area contributed by atoms with E-state index in [0.29, 0.717) is 4.88 Å². The largest absolute Gasteiger partial charge is 0.313 e. The van der Waals surface area contributed by atoms with Crippen LogP contribution in [0.1, 0.15) is 56.5 Å². The lowest BCUT2D eigenvalue weighted by Gasteiger charge is -2.36. The van der Waals surface area contributed by atoms with Crippen LogP contribution in [0.2, 0.25) is 0 Å². The predicted molar refractivity (Wildman–Crippen MR) is 120 cm³/mol. The molecular weight excluding hydrogens is 403 g/mol. The predicted octanol–water partition coefficient (Wildman–Crippen LogP) is 6.39. The second-order valence-corrected chi connectivity index (χ2v) is 9.68. The quantitative estimate of drug-likeness (QED) is 0.510. The second-order valence-electron chi connectivity index (χ2n) is 7.51. The molecular formula is C23H25FN2OS2. The van der Waals surface area contributed by atoms with Crippen LogP contribution in [0.5, 0.6) is 0 Å². The monoisotopic (exact) mass is 428 g/mol. The molecule has 1 saturated heterocycles. The van der Waals surface area contributed by atoms with Crippen LogP contribution < -0.4 is 5.32 Å². The number of hydrogen-bond donors (Lipinski definition) is 1. The van der Waals surface area contributed by atoms with Crippen molar-refractivity contribution in [1.82, 2.24) is 4.90 Å². The summed E-state index contributed by atoms with van der Waals surface area (Å²) in [6.45, 7) is 6.24. The maximum absolute atomic E-state index is 13.6. The molecule has 2 aromatic heterocycles. The highest BCUT2D eigenvalue weighted by molar-refractivity contribution is 7.17. The molecule has 0 radical (unpaired) electrons. The number of nitrogens with zero attached hydrogens (tertiary/aromatic N) is 1. The number of anilines is 1. The average molecular weight is 429 g/mol. The topological polar surface area (TPSA) is 32.3 Å². The van der Waals surface area contributed by atoms with Crippen molar-refractivity contribution in [2.75, 3.05) is 18.4 Å². The first kappa shape index (κ1) is 20.3. The molecule has 152 valence electrons. The highest BCUT2D eigenvalue weighted by Crippen LogP contribution is 2.43. The van der Waals surface area contributed by atoms with E-state index >= 15 is 0 Å². The van der Waals surface area contributed by atoms with Gasteiger partial charge in [0.2, 0.25) is 0 Å². The fourth-order valence-corrected chi connectivity index (χ4v) is 5.73. The van der Waals surface area contributed by atoms with Crippen molar-refractivity contribution in [3.05, 3.63) is 74.0 Å². The van der Waals surface area contributed by atoms with Gasteiger partial charge in [0.05, 0.1) is 10.9 Å². The molecule has 0 unspecified atom stereocenters. The zero-order valence-corrected chi connectivity index (χ0v) is 18.3. The summed E-state index contributed by atoms with van der Waals surface area (Å²) >= 11 is 3.07. The molecule has 1 fully saturated rings. The van der Waals surface area contributed by atoms with Crippen molar-refractivity contribution in [2.45, 2.75) is 39.2 Å². The van der Waals surface area contributed by atoms with Gasteiger partial charge in [0.15, 0.2) is 0 Å². The van der Waals surface area contributed by atoms with Gasteiger partial charge in [-0.15, -0.1) is 22.7 Å². The Morgan fingerprint density at radius 3 is 2.48 bits per heavy atom. The maximum Gasteiger partial charge on any atom is 0.266 e. The van der Waals surface area contributed by atoms with Crippen molar-refractivity contribution >= 4 is 33.6 Å². The lowest BCUT2D eigenvalue weighted by atomic mass is 9.93. The van der Waals surface area contributed by atoms with Gasteiger partial charge in [0.1, 0.15) is 10.8 Å². The van der Waals surface area contributed by atoms with Gasteiger partial charge in [-0.2, -0.15) is 0 Å². The van der Waals surface area contributed by atoms with Gasteiger partial charge >= 0.3 is 0 Å². The maximum atomic E-state index is 13.6. The molecule has 4 rings (SSSR count). The molecule has 1 aliphatic rings. The van der Waals surface area contributed by atoms with Crippen LogP contribution in [0.3, 0.4) is 0 Å². The summed E-state index contributed by atoms with van der Waals surface area (Å²) in [7, 11) is 0. The normalized spacial score (nSPS) is 16.0. The Morgan fingerprint density at radius 1 is 1.10 bits per heavy atom. The third kappa shape index (κ3) is 4.29. The Balaban J connectivity index is 1.77. The number of halogens is 1. The third-order valence-corrected chi connectivity index (χ3v) is 7.63. The number of amides is 1. The van der Waals surface area contributed by atoms with Crippen LogP contribution in [0.4, 0.5) is 9.39 Å². The van der Waals surface area contributed by atoms with Crippen LogP contribution in [-0.4, -0.2) is 23.9 Å². The van der Waals surface area contributed by atoms with E-state index in [1.54, 1.807) is 11.3 Å². The van der Waals surface area contributed by atoms with Crippen molar-refractivity contribution in [2.24, 2.45) is 0 Å². The van der Waals surface area contributed by atoms with E-state index in [2.05, 4.69) is 24.1 Å². The molecule has 3 nitrogen and oxygen atoms in total. The third-order valence-electron chi connectivity index (χ3n) is 5.62. The van der Waals surface area contributed by atoms with E-state index in [-0.39, 0.29) is 17.8 Å². The Hall–Kier alpha value is -2.02. The molecule has 1 N–H and O–H groups in total. The van der Waals surface area contributed by atoms with Crippen LogP contribution in [0.15, 0.2) is 41.8 Å². The lowest BCUT2D eigenvalue weighted by molar-refractivity contribution is 0.103. The van der Waals surface area contributed by atoms with Crippen LogP contribution in [0.25, 0.3) is 0 Å².